The van der Waals surface area contributed by atoms with Crippen molar-refractivity contribution in [3.05, 3.63) is 48.2 Å². The lowest BCUT2D eigenvalue weighted by Gasteiger charge is -2.04. The van der Waals surface area contributed by atoms with Crippen LogP contribution in [0.15, 0.2) is 41.3 Å². The molecule has 1 N–H and O–H groups in total. The van der Waals surface area contributed by atoms with Crippen LogP contribution in [0.25, 0.3) is 0 Å². The van der Waals surface area contributed by atoms with Gasteiger partial charge in [-0.1, -0.05) is 0 Å². The van der Waals surface area contributed by atoms with Crippen molar-refractivity contribution in [2.75, 3.05) is 0 Å². The van der Waals surface area contributed by atoms with Gasteiger partial charge in [0, 0.05) is 12.7 Å². The molecular formula is C12H13NO3. The number of aryl methyl sites for hydroxylation is 2. The number of furan rings is 1. The second kappa shape index (κ2) is 4.70. The first-order valence-corrected chi connectivity index (χ1v) is 5.17. The largest absolute Gasteiger partial charge is 0.477 e. The van der Waals surface area contributed by atoms with Gasteiger partial charge in [-0.25, -0.2) is 4.79 Å². The van der Waals surface area contributed by atoms with Crippen LogP contribution < -0.4 is 0 Å². The van der Waals surface area contributed by atoms with Gasteiger partial charge >= 0.3 is 5.97 Å². The number of carbonyl (C=O) groups is 1. The van der Waals surface area contributed by atoms with Crippen molar-refractivity contribution < 1.29 is 14.3 Å². The molecule has 0 aliphatic rings. The summed E-state index contributed by atoms with van der Waals surface area (Å²) >= 11 is 0. The highest BCUT2D eigenvalue weighted by Crippen LogP contribution is 2.07. The quantitative estimate of drug-likeness (QED) is 0.840. The van der Waals surface area contributed by atoms with E-state index < -0.39 is 5.97 Å². The third kappa shape index (κ3) is 2.34. The van der Waals surface area contributed by atoms with Crippen LogP contribution in [0, 0.1) is 0 Å². The molecule has 0 aliphatic heterocycles. The molecule has 2 heterocycles. The molecule has 2 aromatic heterocycles. The maximum absolute atomic E-state index is 10.8. The average Bonchev–Trinajstić information content (AvgIpc) is 2.87. The van der Waals surface area contributed by atoms with Crippen molar-refractivity contribution in [3.8, 4) is 0 Å². The summed E-state index contributed by atoms with van der Waals surface area (Å²) in [6.45, 7) is 0.708. The summed E-state index contributed by atoms with van der Waals surface area (Å²) in [6.07, 6.45) is 6.95. The fourth-order valence-electron chi connectivity index (χ4n) is 1.69. The topological polar surface area (TPSA) is 55.4 Å². The van der Waals surface area contributed by atoms with E-state index in [1.807, 2.05) is 6.07 Å². The summed E-state index contributed by atoms with van der Waals surface area (Å²) in [7, 11) is 0. The third-order valence-corrected chi connectivity index (χ3v) is 2.49. The number of carboxylic acid groups (broad SMARTS) is 1. The van der Waals surface area contributed by atoms with Crippen molar-refractivity contribution in [3.63, 3.8) is 0 Å². The van der Waals surface area contributed by atoms with Crippen LogP contribution in [0.1, 0.15) is 22.5 Å². The zero-order chi connectivity index (χ0) is 11.4. The van der Waals surface area contributed by atoms with E-state index in [4.69, 9.17) is 9.52 Å². The molecule has 0 radical (unpaired) electrons. The Bertz CT molecular complexity index is 456. The predicted octanol–water partition coefficient (Wildman–Crippen LogP) is 2.41. The van der Waals surface area contributed by atoms with Gasteiger partial charge in [-0.3, -0.25) is 0 Å². The fourth-order valence-corrected chi connectivity index (χ4v) is 1.69. The lowest BCUT2D eigenvalue weighted by atomic mass is 10.2. The van der Waals surface area contributed by atoms with E-state index in [-0.39, 0.29) is 0 Å². The molecule has 84 valence electrons. The number of aromatic nitrogens is 1. The Hall–Kier alpha value is -1.97. The zero-order valence-corrected chi connectivity index (χ0v) is 8.80. The Morgan fingerprint density at radius 2 is 2.31 bits per heavy atom. The molecule has 0 amide bonds. The average molecular weight is 219 g/mol. The van der Waals surface area contributed by atoms with E-state index in [2.05, 4.69) is 0 Å². The van der Waals surface area contributed by atoms with Crippen LogP contribution in [0.3, 0.4) is 0 Å². The van der Waals surface area contributed by atoms with E-state index in [0.29, 0.717) is 12.2 Å². The van der Waals surface area contributed by atoms with Gasteiger partial charge in [0.1, 0.15) is 5.69 Å². The van der Waals surface area contributed by atoms with Crippen LogP contribution in [0.2, 0.25) is 0 Å². The van der Waals surface area contributed by atoms with Crippen molar-refractivity contribution in [1.82, 2.24) is 4.57 Å². The molecule has 0 atom stereocenters. The van der Waals surface area contributed by atoms with Crippen LogP contribution in [0.4, 0.5) is 0 Å². The molecule has 4 heteroatoms. The monoisotopic (exact) mass is 219 g/mol. The van der Waals surface area contributed by atoms with Gasteiger partial charge in [-0.05, 0) is 36.6 Å². The number of hydrogen-bond donors (Lipinski definition) is 1. The Balaban J connectivity index is 1.90. The molecule has 0 fully saturated rings. The number of nitrogens with zero attached hydrogens (tertiary/aromatic N) is 1. The predicted molar refractivity (Wildman–Crippen MR) is 58.4 cm³/mol. The highest BCUT2D eigenvalue weighted by molar-refractivity contribution is 5.85. The summed E-state index contributed by atoms with van der Waals surface area (Å²) in [5.74, 6) is -0.881. The molecule has 0 aliphatic carbocycles. The maximum atomic E-state index is 10.8. The molecule has 0 unspecified atom stereocenters. The zero-order valence-electron chi connectivity index (χ0n) is 8.80. The van der Waals surface area contributed by atoms with E-state index in [9.17, 15) is 4.79 Å². The molecule has 0 saturated carbocycles. The third-order valence-electron chi connectivity index (χ3n) is 2.49. The summed E-state index contributed by atoms with van der Waals surface area (Å²) in [5, 5.41) is 8.90. The van der Waals surface area contributed by atoms with Gasteiger partial charge < -0.3 is 14.1 Å². The van der Waals surface area contributed by atoms with Crippen LogP contribution >= 0.6 is 0 Å². The minimum atomic E-state index is -0.881. The lowest BCUT2D eigenvalue weighted by Crippen LogP contribution is -2.08. The summed E-state index contributed by atoms with van der Waals surface area (Å²) in [5.41, 5.74) is 1.48. The number of aromatic carboxylic acids is 1. The second-order valence-electron chi connectivity index (χ2n) is 3.63. The van der Waals surface area contributed by atoms with Crippen molar-refractivity contribution in [2.24, 2.45) is 0 Å². The Morgan fingerprint density at radius 1 is 1.44 bits per heavy atom. The van der Waals surface area contributed by atoms with Gasteiger partial charge in [-0.15, -0.1) is 0 Å². The Morgan fingerprint density at radius 3 is 3.00 bits per heavy atom. The van der Waals surface area contributed by atoms with Gasteiger partial charge in [-0.2, -0.15) is 0 Å². The molecule has 0 bridgehead atoms. The van der Waals surface area contributed by atoms with E-state index >= 15 is 0 Å². The first-order valence-electron chi connectivity index (χ1n) is 5.17. The Labute approximate surface area is 93.1 Å². The summed E-state index contributed by atoms with van der Waals surface area (Å²) in [6, 6.07) is 5.29. The highest BCUT2D eigenvalue weighted by atomic mass is 16.4. The molecule has 16 heavy (non-hydrogen) atoms. The minimum absolute atomic E-state index is 0.340. The van der Waals surface area contributed by atoms with Crippen molar-refractivity contribution in [2.45, 2.75) is 19.4 Å². The molecule has 0 aromatic carbocycles. The van der Waals surface area contributed by atoms with Gasteiger partial charge in [0.2, 0.25) is 0 Å². The van der Waals surface area contributed by atoms with Gasteiger partial charge in [0.15, 0.2) is 0 Å². The molecule has 0 saturated heterocycles. The van der Waals surface area contributed by atoms with E-state index in [1.165, 1.54) is 0 Å². The van der Waals surface area contributed by atoms with E-state index in [0.717, 1.165) is 18.4 Å². The van der Waals surface area contributed by atoms with Gasteiger partial charge in [0.25, 0.3) is 0 Å². The minimum Gasteiger partial charge on any atom is -0.477 e. The SMILES string of the molecule is O=C(O)c1cccn1CCCc1ccoc1. The maximum Gasteiger partial charge on any atom is 0.352 e. The van der Waals surface area contributed by atoms with Crippen molar-refractivity contribution >= 4 is 5.97 Å². The molecule has 0 spiro atoms. The van der Waals surface area contributed by atoms with E-state index in [1.54, 1.807) is 35.4 Å². The number of carboxylic acids is 1. The molecular weight excluding hydrogens is 206 g/mol. The number of rotatable bonds is 5. The lowest BCUT2D eigenvalue weighted by molar-refractivity contribution is 0.0685. The molecule has 2 aromatic rings. The normalized spacial score (nSPS) is 10.5. The Kier molecular flexibility index (Phi) is 3.10. The highest BCUT2D eigenvalue weighted by Gasteiger charge is 2.07. The van der Waals surface area contributed by atoms with Crippen LogP contribution in [0.5, 0.6) is 0 Å². The van der Waals surface area contributed by atoms with Crippen LogP contribution in [-0.2, 0) is 13.0 Å². The first-order chi connectivity index (χ1) is 7.77. The summed E-state index contributed by atoms with van der Waals surface area (Å²) < 4.78 is 6.72. The number of hydrogen-bond acceptors (Lipinski definition) is 2. The first kappa shape index (κ1) is 10.5. The molecule has 4 nitrogen and oxygen atoms in total. The second-order valence-corrected chi connectivity index (χ2v) is 3.63. The van der Waals surface area contributed by atoms with Gasteiger partial charge in [0.05, 0.1) is 12.5 Å². The molecule has 2 rings (SSSR count). The smallest absolute Gasteiger partial charge is 0.352 e. The summed E-state index contributed by atoms with van der Waals surface area (Å²) in [4.78, 5) is 10.8. The fraction of sp³-hybridized carbons (Fsp3) is 0.250. The standard InChI is InChI=1S/C12H13NO3/c14-12(15)11-4-2-7-13(11)6-1-3-10-5-8-16-9-10/h2,4-5,7-9H,1,3,6H2,(H,14,15). The van der Waals surface area contributed by atoms with Crippen LogP contribution in [-0.4, -0.2) is 15.6 Å². The van der Waals surface area contributed by atoms with Crippen molar-refractivity contribution in [1.29, 1.82) is 0 Å².